The molecule has 1 aliphatic rings. The quantitative estimate of drug-likeness (QED) is 0.816. The summed E-state index contributed by atoms with van der Waals surface area (Å²) in [5.74, 6) is 0.0789. The van der Waals surface area contributed by atoms with Crippen LogP contribution in [0.15, 0.2) is 48.5 Å². The fourth-order valence-corrected chi connectivity index (χ4v) is 3.52. The number of rotatable bonds is 1. The smallest absolute Gasteiger partial charge is 0.220 e. The molecule has 1 atom stereocenters. The molecule has 1 aliphatic heterocycles. The van der Waals surface area contributed by atoms with E-state index in [1.165, 1.54) is 11.1 Å². The molecule has 3 nitrogen and oxygen atoms in total. The molecule has 1 amide bonds. The molecule has 2 aromatic carbocycles. The molecular weight excluding hydrogens is 260 g/mol. The molecular formula is C18H20N2O. The van der Waals surface area contributed by atoms with Gasteiger partial charge in [0.2, 0.25) is 5.91 Å². The number of nitrogens with zero attached hydrogens (tertiary/aromatic N) is 1. The van der Waals surface area contributed by atoms with Gasteiger partial charge in [-0.25, -0.2) is 0 Å². The molecule has 0 bridgehead atoms. The van der Waals surface area contributed by atoms with Gasteiger partial charge in [0.1, 0.15) is 0 Å². The Labute approximate surface area is 125 Å². The Morgan fingerprint density at radius 1 is 1.10 bits per heavy atom. The molecule has 1 unspecified atom stereocenters. The Bertz CT molecular complexity index is 695. The van der Waals surface area contributed by atoms with Gasteiger partial charge >= 0.3 is 0 Å². The van der Waals surface area contributed by atoms with Crippen molar-refractivity contribution < 1.29 is 4.79 Å². The Morgan fingerprint density at radius 3 is 2.38 bits per heavy atom. The van der Waals surface area contributed by atoms with Crippen molar-refractivity contribution in [1.82, 2.24) is 4.90 Å². The summed E-state index contributed by atoms with van der Waals surface area (Å²) in [5.41, 5.74) is 9.89. The number of hydrogen-bond donors (Lipinski definition) is 1. The van der Waals surface area contributed by atoms with Gasteiger partial charge in [0.05, 0.1) is 5.54 Å². The van der Waals surface area contributed by atoms with Crippen LogP contribution in [-0.2, 0) is 16.8 Å². The minimum absolute atomic E-state index is 0.0789. The summed E-state index contributed by atoms with van der Waals surface area (Å²) in [6.07, 6.45) is 0.887. The highest BCUT2D eigenvalue weighted by Crippen LogP contribution is 2.42. The number of para-hydroxylation sites is 1. The molecule has 0 saturated carbocycles. The second-order valence-electron chi connectivity index (χ2n) is 5.74. The van der Waals surface area contributed by atoms with Crippen molar-refractivity contribution in [1.29, 1.82) is 0 Å². The lowest BCUT2D eigenvalue weighted by molar-refractivity contribution is -0.134. The zero-order valence-electron chi connectivity index (χ0n) is 12.5. The summed E-state index contributed by atoms with van der Waals surface area (Å²) in [7, 11) is 0. The van der Waals surface area contributed by atoms with E-state index in [9.17, 15) is 4.79 Å². The lowest BCUT2D eigenvalue weighted by Gasteiger charge is -2.46. The molecule has 108 valence electrons. The summed E-state index contributed by atoms with van der Waals surface area (Å²) in [5, 5.41) is 0. The third kappa shape index (κ3) is 2.00. The maximum absolute atomic E-state index is 12.2. The number of anilines is 1. The molecule has 0 aromatic heterocycles. The SMILES string of the molecule is CC(=O)N1CCc2ccccc2C1(C)c1ccccc1N. The third-order valence-corrected chi connectivity index (χ3v) is 4.55. The van der Waals surface area contributed by atoms with E-state index in [2.05, 4.69) is 25.1 Å². The van der Waals surface area contributed by atoms with Crippen molar-refractivity contribution >= 4 is 11.6 Å². The Balaban J connectivity index is 2.28. The zero-order chi connectivity index (χ0) is 15.0. The van der Waals surface area contributed by atoms with Crippen LogP contribution < -0.4 is 5.73 Å². The monoisotopic (exact) mass is 280 g/mol. The number of amides is 1. The predicted molar refractivity (Wildman–Crippen MR) is 84.8 cm³/mol. The summed E-state index contributed by atoms with van der Waals surface area (Å²) in [6.45, 7) is 4.45. The van der Waals surface area contributed by atoms with E-state index in [-0.39, 0.29) is 5.91 Å². The zero-order valence-corrected chi connectivity index (χ0v) is 12.5. The number of fused-ring (bicyclic) bond motifs is 1. The van der Waals surface area contributed by atoms with Gasteiger partial charge < -0.3 is 10.6 Å². The van der Waals surface area contributed by atoms with Gasteiger partial charge in [-0.1, -0.05) is 42.5 Å². The molecule has 2 N–H and O–H groups in total. The minimum atomic E-state index is -0.508. The van der Waals surface area contributed by atoms with Crippen molar-refractivity contribution in [2.24, 2.45) is 0 Å². The molecule has 1 heterocycles. The number of hydrogen-bond acceptors (Lipinski definition) is 2. The number of benzene rings is 2. The van der Waals surface area contributed by atoms with E-state index in [1.54, 1.807) is 6.92 Å². The molecule has 0 aliphatic carbocycles. The first-order valence-electron chi connectivity index (χ1n) is 7.26. The Morgan fingerprint density at radius 2 is 1.71 bits per heavy atom. The van der Waals surface area contributed by atoms with Gasteiger partial charge in [-0.3, -0.25) is 4.79 Å². The van der Waals surface area contributed by atoms with Crippen LogP contribution in [0.3, 0.4) is 0 Å². The van der Waals surface area contributed by atoms with E-state index in [1.807, 2.05) is 35.2 Å². The molecule has 3 rings (SSSR count). The highest BCUT2D eigenvalue weighted by molar-refractivity contribution is 5.77. The molecule has 0 fully saturated rings. The lowest BCUT2D eigenvalue weighted by atomic mass is 9.76. The van der Waals surface area contributed by atoms with Gasteiger partial charge in [-0.2, -0.15) is 0 Å². The fourth-order valence-electron chi connectivity index (χ4n) is 3.52. The second kappa shape index (κ2) is 4.92. The van der Waals surface area contributed by atoms with Crippen molar-refractivity contribution in [3.63, 3.8) is 0 Å². The number of nitrogen functional groups attached to an aromatic ring is 1. The normalized spacial score (nSPS) is 21.0. The van der Waals surface area contributed by atoms with Gasteiger partial charge in [0.15, 0.2) is 0 Å². The number of nitrogens with two attached hydrogens (primary N) is 1. The van der Waals surface area contributed by atoms with Gasteiger partial charge in [-0.05, 0) is 30.5 Å². The van der Waals surface area contributed by atoms with Crippen LogP contribution in [0.5, 0.6) is 0 Å². The molecule has 2 aromatic rings. The highest BCUT2D eigenvalue weighted by Gasteiger charge is 2.42. The van der Waals surface area contributed by atoms with E-state index in [0.717, 1.165) is 24.2 Å². The van der Waals surface area contributed by atoms with E-state index < -0.39 is 5.54 Å². The van der Waals surface area contributed by atoms with Crippen molar-refractivity contribution in [3.05, 3.63) is 65.2 Å². The predicted octanol–water partition coefficient (Wildman–Crippen LogP) is 2.94. The minimum Gasteiger partial charge on any atom is -0.398 e. The largest absolute Gasteiger partial charge is 0.398 e. The maximum Gasteiger partial charge on any atom is 0.220 e. The number of carbonyl (C=O) groups is 1. The van der Waals surface area contributed by atoms with E-state index >= 15 is 0 Å². The fraction of sp³-hybridized carbons (Fsp3) is 0.278. The summed E-state index contributed by atoms with van der Waals surface area (Å²) in [6, 6.07) is 16.2. The van der Waals surface area contributed by atoms with Crippen LogP contribution in [0, 0.1) is 0 Å². The topological polar surface area (TPSA) is 46.3 Å². The van der Waals surface area contributed by atoms with Crippen LogP contribution in [-0.4, -0.2) is 17.4 Å². The summed E-state index contributed by atoms with van der Waals surface area (Å²) in [4.78, 5) is 14.1. The van der Waals surface area contributed by atoms with Crippen LogP contribution in [0.4, 0.5) is 5.69 Å². The third-order valence-electron chi connectivity index (χ3n) is 4.55. The van der Waals surface area contributed by atoms with Crippen LogP contribution >= 0.6 is 0 Å². The molecule has 21 heavy (non-hydrogen) atoms. The summed E-state index contributed by atoms with van der Waals surface area (Å²) < 4.78 is 0. The van der Waals surface area contributed by atoms with Crippen LogP contribution in [0.2, 0.25) is 0 Å². The molecule has 0 radical (unpaired) electrons. The van der Waals surface area contributed by atoms with E-state index in [4.69, 9.17) is 5.73 Å². The van der Waals surface area contributed by atoms with Crippen molar-refractivity contribution in [2.75, 3.05) is 12.3 Å². The lowest BCUT2D eigenvalue weighted by Crippen LogP contribution is -2.51. The summed E-state index contributed by atoms with van der Waals surface area (Å²) >= 11 is 0. The highest BCUT2D eigenvalue weighted by atomic mass is 16.2. The second-order valence-corrected chi connectivity index (χ2v) is 5.74. The van der Waals surface area contributed by atoms with Gasteiger partial charge in [-0.15, -0.1) is 0 Å². The van der Waals surface area contributed by atoms with Crippen molar-refractivity contribution in [2.45, 2.75) is 25.8 Å². The van der Waals surface area contributed by atoms with Gasteiger partial charge in [0.25, 0.3) is 0 Å². The van der Waals surface area contributed by atoms with E-state index in [0.29, 0.717) is 0 Å². The van der Waals surface area contributed by atoms with Crippen molar-refractivity contribution in [3.8, 4) is 0 Å². The first kappa shape index (κ1) is 13.7. The van der Waals surface area contributed by atoms with Crippen LogP contribution in [0.25, 0.3) is 0 Å². The molecule has 0 spiro atoms. The standard InChI is InChI=1S/C18H20N2O/c1-13(21)20-12-11-14-7-3-4-8-15(14)18(20,2)16-9-5-6-10-17(16)19/h3-10H,11-12,19H2,1-2H3. The Kier molecular flexibility index (Phi) is 3.20. The first-order valence-corrected chi connectivity index (χ1v) is 7.26. The average molecular weight is 280 g/mol. The number of carbonyl (C=O) groups excluding carboxylic acids is 1. The maximum atomic E-state index is 12.2. The van der Waals surface area contributed by atoms with Gasteiger partial charge in [0, 0.05) is 24.7 Å². The Hall–Kier alpha value is -2.29. The molecule has 0 saturated heterocycles. The van der Waals surface area contributed by atoms with Crippen LogP contribution in [0.1, 0.15) is 30.5 Å². The molecule has 3 heteroatoms. The average Bonchev–Trinajstić information content (AvgIpc) is 2.47. The first-order chi connectivity index (χ1) is 10.0.